The van der Waals surface area contributed by atoms with Crippen LogP contribution in [0.5, 0.6) is 0 Å². The van der Waals surface area contributed by atoms with Gasteiger partial charge in [-0.05, 0) is 32.9 Å². The van der Waals surface area contributed by atoms with Crippen molar-refractivity contribution in [3.63, 3.8) is 0 Å². The number of sulfonamides is 1. The van der Waals surface area contributed by atoms with Crippen molar-refractivity contribution < 1.29 is 12.8 Å². The van der Waals surface area contributed by atoms with Gasteiger partial charge in [0.25, 0.3) is 0 Å². The first-order valence-electron chi connectivity index (χ1n) is 6.79. The van der Waals surface area contributed by atoms with Gasteiger partial charge >= 0.3 is 0 Å². The molecule has 0 aliphatic carbocycles. The molecule has 5 nitrogen and oxygen atoms in total. The van der Waals surface area contributed by atoms with Gasteiger partial charge in [-0.15, -0.1) is 0 Å². The number of aryl methyl sites for hydroxylation is 1. The smallest absolute Gasteiger partial charge is 0.226 e. The summed E-state index contributed by atoms with van der Waals surface area (Å²) < 4.78 is 31.1. The van der Waals surface area contributed by atoms with Gasteiger partial charge in [0.15, 0.2) is 0 Å². The van der Waals surface area contributed by atoms with Crippen molar-refractivity contribution in [2.45, 2.75) is 32.6 Å². The van der Waals surface area contributed by atoms with Gasteiger partial charge in [-0.1, -0.05) is 18.2 Å². The summed E-state index contributed by atoms with van der Waals surface area (Å²) in [5.74, 6) is 1.15. The molecule has 0 saturated heterocycles. The summed E-state index contributed by atoms with van der Waals surface area (Å²) in [5, 5.41) is -0.455. The van der Waals surface area contributed by atoms with Crippen molar-refractivity contribution in [3.8, 4) is 11.5 Å². The SMILES string of the molecule is Cc1oc(-c2ccccc2)nc1CN(C)S(=O)(=O)C(C)C. The van der Waals surface area contributed by atoms with E-state index in [1.807, 2.05) is 30.3 Å². The summed E-state index contributed by atoms with van der Waals surface area (Å²) >= 11 is 0. The standard InChI is InChI=1S/C15H20N2O3S/c1-11(2)21(18,19)17(4)10-14-12(3)20-15(16-14)13-8-6-5-7-9-13/h5-9,11H,10H2,1-4H3. The van der Waals surface area contributed by atoms with E-state index in [-0.39, 0.29) is 6.54 Å². The summed E-state index contributed by atoms with van der Waals surface area (Å²) in [6.07, 6.45) is 0. The molecule has 114 valence electrons. The molecule has 0 spiro atoms. The van der Waals surface area contributed by atoms with E-state index in [9.17, 15) is 8.42 Å². The molecular formula is C15H20N2O3S. The molecule has 0 unspecified atom stereocenters. The Morgan fingerprint density at radius 1 is 1.24 bits per heavy atom. The Morgan fingerprint density at radius 2 is 1.86 bits per heavy atom. The van der Waals surface area contributed by atoms with E-state index in [2.05, 4.69) is 4.98 Å². The average molecular weight is 308 g/mol. The maximum atomic E-state index is 12.1. The quantitative estimate of drug-likeness (QED) is 0.852. The third-order valence-electron chi connectivity index (χ3n) is 3.32. The van der Waals surface area contributed by atoms with Gasteiger partial charge in [0.2, 0.25) is 15.9 Å². The maximum Gasteiger partial charge on any atom is 0.226 e. The molecule has 0 saturated carbocycles. The molecule has 6 heteroatoms. The molecule has 0 aliphatic rings. The highest BCUT2D eigenvalue weighted by atomic mass is 32.2. The van der Waals surface area contributed by atoms with E-state index >= 15 is 0 Å². The number of rotatable bonds is 5. The molecule has 1 heterocycles. The first kappa shape index (κ1) is 15.7. The van der Waals surface area contributed by atoms with Crippen molar-refractivity contribution in [1.82, 2.24) is 9.29 Å². The van der Waals surface area contributed by atoms with Crippen LogP contribution in [-0.2, 0) is 16.6 Å². The Labute approximate surface area is 125 Å². The van der Waals surface area contributed by atoms with Gasteiger partial charge in [0.1, 0.15) is 5.76 Å². The van der Waals surface area contributed by atoms with E-state index in [1.54, 1.807) is 27.8 Å². The van der Waals surface area contributed by atoms with Gasteiger partial charge in [-0.3, -0.25) is 0 Å². The van der Waals surface area contributed by atoms with Crippen LogP contribution in [0.3, 0.4) is 0 Å². The lowest BCUT2D eigenvalue weighted by molar-refractivity contribution is 0.451. The Balaban J connectivity index is 2.25. The topological polar surface area (TPSA) is 63.4 Å². The van der Waals surface area contributed by atoms with Gasteiger partial charge in [0.05, 0.1) is 17.5 Å². The average Bonchev–Trinajstić information content (AvgIpc) is 2.81. The van der Waals surface area contributed by atoms with E-state index in [4.69, 9.17) is 4.42 Å². The largest absolute Gasteiger partial charge is 0.441 e. The lowest BCUT2D eigenvalue weighted by Crippen LogP contribution is -2.32. The Kier molecular flexibility index (Phi) is 4.49. The van der Waals surface area contributed by atoms with Crippen LogP contribution < -0.4 is 0 Å². The molecule has 0 bridgehead atoms. The Hall–Kier alpha value is -1.66. The second kappa shape index (κ2) is 5.99. The molecule has 0 aliphatic heterocycles. The van der Waals surface area contributed by atoms with Crippen LogP contribution in [0, 0.1) is 6.92 Å². The van der Waals surface area contributed by atoms with Crippen LogP contribution >= 0.6 is 0 Å². The summed E-state index contributed by atoms with van der Waals surface area (Å²) in [4.78, 5) is 4.42. The van der Waals surface area contributed by atoms with Crippen molar-refractivity contribution in [1.29, 1.82) is 0 Å². The zero-order valence-corrected chi connectivity index (χ0v) is 13.5. The lowest BCUT2D eigenvalue weighted by atomic mass is 10.2. The molecule has 0 atom stereocenters. The predicted octanol–water partition coefficient (Wildman–Crippen LogP) is 2.82. The highest BCUT2D eigenvalue weighted by Gasteiger charge is 2.24. The minimum Gasteiger partial charge on any atom is -0.441 e. The van der Waals surface area contributed by atoms with Gasteiger partial charge in [-0.2, -0.15) is 4.31 Å². The Morgan fingerprint density at radius 3 is 2.43 bits per heavy atom. The molecule has 1 aromatic heterocycles. The first-order valence-corrected chi connectivity index (χ1v) is 8.29. The molecule has 21 heavy (non-hydrogen) atoms. The van der Waals surface area contributed by atoms with Crippen LogP contribution in [0.1, 0.15) is 25.3 Å². The third-order valence-corrected chi connectivity index (χ3v) is 5.51. The molecule has 1 aromatic carbocycles. The molecule has 0 radical (unpaired) electrons. The fourth-order valence-corrected chi connectivity index (χ4v) is 2.96. The molecule has 0 N–H and O–H groups in total. The van der Waals surface area contributed by atoms with E-state index in [1.165, 1.54) is 4.31 Å². The minimum absolute atomic E-state index is 0.211. The highest BCUT2D eigenvalue weighted by Crippen LogP contribution is 2.22. The van der Waals surface area contributed by atoms with Gasteiger partial charge in [0, 0.05) is 12.6 Å². The van der Waals surface area contributed by atoms with Crippen LogP contribution in [0.15, 0.2) is 34.7 Å². The van der Waals surface area contributed by atoms with Gasteiger partial charge in [-0.25, -0.2) is 13.4 Å². The number of oxazole rings is 1. The first-order chi connectivity index (χ1) is 9.82. The number of aromatic nitrogens is 1. The summed E-state index contributed by atoms with van der Waals surface area (Å²) in [6.45, 7) is 5.33. The zero-order valence-electron chi connectivity index (χ0n) is 12.7. The number of benzene rings is 1. The van der Waals surface area contributed by atoms with E-state index < -0.39 is 15.3 Å². The number of nitrogens with zero attached hydrogens (tertiary/aromatic N) is 2. The molecule has 0 amide bonds. The number of hydrogen-bond acceptors (Lipinski definition) is 4. The summed E-state index contributed by atoms with van der Waals surface area (Å²) in [5.41, 5.74) is 1.52. The fourth-order valence-electron chi connectivity index (χ4n) is 1.94. The van der Waals surface area contributed by atoms with Crippen LogP contribution in [-0.4, -0.2) is 30.0 Å². The second-order valence-electron chi connectivity index (χ2n) is 5.24. The van der Waals surface area contributed by atoms with E-state index in [0.717, 1.165) is 5.56 Å². The Bertz CT molecular complexity index is 706. The molecule has 2 aromatic rings. The minimum atomic E-state index is -3.30. The van der Waals surface area contributed by atoms with E-state index in [0.29, 0.717) is 17.3 Å². The van der Waals surface area contributed by atoms with Crippen molar-refractivity contribution >= 4 is 10.0 Å². The molecule has 0 fully saturated rings. The predicted molar refractivity (Wildman–Crippen MR) is 82.2 cm³/mol. The van der Waals surface area contributed by atoms with Crippen LogP contribution in [0.25, 0.3) is 11.5 Å². The van der Waals surface area contributed by atoms with Crippen molar-refractivity contribution in [2.75, 3.05) is 7.05 Å². The van der Waals surface area contributed by atoms with Crippen molar-refractivity contribution in [2.24, 2.45) is 0 Å². The highest BCUT2D eigenvalue weighted by molar-refractivity contribution is 7.89. The molecule has 2 rings (SSSR count). The maximum absolute atomic E-state index is 12.1. The van der Waals surface area contributed by atoms with Gasteiger partial charge < -0.3 is 4.42 Å². The van der Waals surface area contributed by atoms with Crippen LogP contribution in [0.2, 0.25) is 0 Å². The fraction of sp³-hybridized carbons (Fsp3) is 0.400. The zero-order chi connectivity index (χ0) is 15.6. The second-order valence-corrected chi connectivity index (χ2v) is 7.83. The monoisotopic (exact) mass is 308 g/mol. The lowest BCUT2D eigenvalue weighted by Gasteiger charge is -2.18. The van der Waals surface area contributed by atoms with Crippen molar-refractivity contribution in [3.05, 3.63) is 41.8 Å². The summed E-state index contributed by atoms with van der Waals surface area (Å²) in [6, 6.07) is 9.55. The normalized spacial score (nSPS) is 12.3. The molecular weight excluding hydrogens is 288 g/mol. The number of hydrogen-bond donors (Lipinski definition) is 0. The summed E-state index contributed by atoms with van der Waals surface area (Å²) in [7, 11) is -1.73. The van der Waals surface area contributed by atoms with Crippen LogP contribution in [0.4, 0.5) is 0 Å². The third kappa shape index (κ3) is 3.33.